The van der Waals surface area contributed by atoms with Gasteiger partial charge in [0.05, 0.1) is 11.8 Å². The van der Waals surface area contributed by atoms with Gasteiger partial charge >= 0.3 is 11.8 Å². The molecule has 1 aromatic heterocycles. The third kappa shape index (κ3) is 4.35. The minimum Gasteiger partial charge on any atom is -0.507 e. The number of rotatable bonds is 3. The van der Waals surface area contributed by atoms with Gasteiger partial charge in [-0.1, -0.05) is 15.9 Å². The van der Waals surface area contributed by atoms with Crippen molar-refractivity contribution in [2.24, 2.45) is 5.10 Å². The smallest absolute Gasteiger partial charge is 0.329 e. The molecule has 0 unspecified atom stereocenters. The van der Waals surface area contributed by atoms with Crippen molar-refractivity contribution in [1.82, 2.24) is 5.43 Å². The van der Waals surface area contributed by atoms with Crippen LogP contribution in [0.1, 0.15) is 34.4 Å². The van der Waals surface area contributed by atoms with Crippen molar-refractivity contribution in [3.05, 3.63) is 44.2 Å². The van der Waals surface area contributed by atoms with Crippen LogP contribution in [0.2, 0.25) is 0 Å². The van der Waals surface area contributed by atoms with E-state index in [0.717, 1.165) is 40.6 Å². The Balaban J connectivity index is 1.66. The van der Waals surface area contributed by atoms with Crippen LogP contribution in [0.5, 0.6) is 5.75 Å². The molecule has 9 heteroatoms. The zero-order valence-corrected chi connectivity index (χ0v) is 16.5. The molecule has 1 heterocycles. The number of aryl methyl sites for hydroxylation is 1. The minimum atomic E-state index is -0.962. The first kappa shape index (κ1) is 19.1. The monoisotopic (exact) mass is 446 g/mol. The van der Waals surface area contributed by atoms with E-state index in [1.54, 1.807) is 12.1 Å². The summed E-state index contributed by atoms with van der Waals surface area (Å²) in [7, 11) is 0. The van der Waals surface area contributed by atoms with Crippen molar-refractivity contribution in [1.29, 1.82) is 5.26 Å². The average Bonchev–Trinajstić information content (AvgIpc) is 3.01. The van der Waals surface area contributed by atoms with E-state index in [-0.39, 0.29) is 5.75 Å². The highest BCUT2D eigenvalue weighted by molar-refractivity contribution is 9.10. The van der Waals surface area contributed by atoms with Crippen molar-refractivity contribution in [2.45, 2.75) is 25.7 Å². The van der Waals surface area contributed by atoms with E-state index in [1.165, 1.54) is 23.6 Å². The number of hydrazone groups is 1. The molecular weight excluding hydrogens is 432 g/mol. The summed E-state index contributed by atoms with van der Waals surface area (Å²) in [6.07, 6.45) is 5.01. The number of carbonyl (C=O) groups excluding carboxylic acids is 2. The summed E-state index contributed by atoms with van der Waals surface area (Å²) >= 11 is 4.61. The zero-order chi connectivity index (χ0) is 19.4. The van der Waals surface area contributed by atoms with Gasteiger partial charge in [-0.3, -0.25) is 9.59 Å². The first-order valence-corrected chi connectivity index (χ1v) is 9.78. The number of amides is 2. The molecule has 0 bridgehead atoms. The van der Waals surface area contributed by atoms with Crippen molar-refractivity contribution < 1.29 is 14.7 Å². The summed E-state index contributed by atoms with van der Waals surface area (Å²) in [5.41, 5.74) is 3.91. The van der Waals surface area contributed by atoms with Crippen LogP contribution in [-0.2, 0) is 22.4 Å². The number of nitriles is 1. The van der Waals surface area contributed by atoms with Crippen LogP contribution in [0.4, 0.5) is 5.00 Å². The fraction of sp³-hybridized carbons (Fsp3) is 0.222. The summed E-state index contributed by atoms with van der Waals surface area (Å²) in [5.74, 6) is -1.87. The lowest BCUT2D eigenvalue weighted by atomic mass is 9.96. The van der Waals surface area contributed by atoms with Gasteiger partial charge in [0.15, 0.2) is 0 Å². The topological polar surface area (TPSA) is 115 Å². The Labute approximate surface area is 167 Å². The predicted molar refractivity (Wildman–Crippen MR) is 106 cm³/mol. The Morgan fingerprint density at radius 1 is 1.30 bits per heavy atom. The van der Waals surface area contributed by atoms with E-state index in [9.17, 15) is 20.0 Å². The fourth-order valence-corrected chi connectivity index (χ4v) is 4.39. The number of thiophene rings is 1. The van der Waals surface area contributed by atoms with Crippen LogP contribution in [0.25, 0.3) is 0 Å². The fourth-order valence-electron chi connectivity index (χ4n) is 2.77. The molecule has 3 rings (SSSR count). The van der Waals surface area contributed by atoms with E-state index in [4.69, 9.17) is 0 Å². The largest absolute Gasteiger partial charge is 0.507 e. The molecule has 0 aliphatic heterocycles. The van der Waals surface area contributed by atoms with Crippen molar-refractivity contribution in [3.63, 3.8) is 0 Å². The Morgan fingerprint density at radius 3 is 2.85 bits per heavy atom. The van der Waals surface area contributed by atoms with Crippen molar-refractivity contribution in [2.75, 3.05) is 5.32 Å². The maximum Gasteiger partial charge on any atom is 0.329 e. The van der Waals surface area contributed by atoms with Crippen LogP contribution in [0, 0.1) is 11.3 Å². The van der Waals surface area contributed by atoms with Gasteiger partial charge < -0.3 is 10.4 Å². The number of fused-ring (bicyclic) bond motifs is 1. The van der Waals surface area contributed by atoms with Gasteiger partial charge in [-0.2, -0.15) is 10.4 Å². The predicted octanol–water partition coefficient (Wildman–Crippen LogP) is 3.06. The number of phenols is 1. The molecule has 0 atom stereocenters. The standard InChI is InChI=1S/C18H15BrN4O3S/c19-11-5-6-14(24)10(7-11)9-21-23-17(26)16(25)22-18-13(8-20)12-3-1-2-4-15(12)27-18/h5-7,9,24H,1-4H2,(H,22,25)(H,23,26)/b21-9+. The highest BCUT2D eigenvalue weighted by Gasteiger charge is 2.23. The van der Waals surface area contributed by atoms with Crippen molar-refractivity contribution in [3.8, 4) is 11.8 Å². The maximum atomic E-state index is 12.1. The summed E-state index contributed by atoms with van der Waals surface area (Å²) in [6, 6.07) is 6.87. The van der Waals surface area contributed by atoms with Gasteiger partial charge in [0.25, 0.3) is 0 Å². The Kier molecular flexibility index (Phi) is 5.88. The number of aromatic hydroxyl groups is 1. The molecule has 1 aliphatic carbocycles. The molecule has 0 fully saturated rings. The Hall–Kier alpha value is -2.70. The molecule has 0 saturated carbocycles. The molecule has 2 aromatic rings. The number of anilines is 1. The average molecular weight is 447 g/mol. The van der Waals surface area contributed by atoms with Gasteiger partial charge in [0.2, 0.25) is 0 Å². The number of nitrogens with zero attached hydrogens (tertiary/aromatic N) is 2. The van der Waals surface area contributed by atoms with Gasteiger partial charge in [0, 0.05) is 14.9 Å². The molecule has 138 valence electrons. The lowest BCUT2D eigenvalue weighted by Gasteiger charge is -2.09. The van der Waals surface area contributed by atoms with E-state index in [0.29, 0.717) is 16.1 Å². The quantitative estimate of drug-likeness (QED) is 0.381. The Morgan fingerprint density at radius 2 is 2.07 bits per heavy atom. The van der Waals surface area contributed by atoms with E-state index < -0.39 is 11.8 Å². The second-order valence-electron chi connectivity index (χ2n) is 5.88. The third-order valence-electron chi connectivity index (χ3n) is 4.08. The van der Waals surface area contributed by atoms with E-state index in [1.807, 2.05) is 0 Å². The minimum absolute atomic E-state index is 0.0107. The number of hydrogen-bond donors (Lipinski definition) is 3. The van der Waals surface area contributed by atoms with Crippen LogP contribution >= 0.6 is 27.3 Å². The third-order valence-corrected chi connectivity index (χ3v) is 5.78. The second kappa shape index (κ2) is 8.33. The molecule has 1 aliphatic rings. The van der Waals surface area contributed by atoms with Crippen LogP contribution in [0.15, 0.2) is 27.8 Å². The molecule has 0 spiro atoms. The highest BCUT2D eigenvalue weighted by atomic mass is 79.9. The van der Waals surface area contributed by atoms with E-state index in [2.05, 4.69) is 37.8 Å². The number of hydrogen-bond acceptors (Lipinski definition) is 6. The zero-order valence-electron chi connectivity index (χ0n) is 14.1. The van der Waals surface area contributed by atoms with E-state index >= 15 is 0 Å². The molecule has 0 saturated heterocycles. The molecule has 0 radical (unpaired) electrons. The number of halogens is 1. The van der Waals surface area contributed by atoms with Crippen LogP contribution in [0.3, 0.4) is 0 Å². The maximum absolute atomic E-state index is 12.1. The first-order chi connectivity index (χ1) is 13.0. The first-order valence-electron chi connectivity index (χ1n) is 8.17. The van der Waals surface area contributed by atoms with Crippen LogP contribution < -0.4 is 10.7 Å². The second-order valence-corrected chi connectivity index (χ2v) is 7.90. The summed E-state index contributed by atoms with van der Waals surface area (Å²) in [6.45, 7) is 0. The molecule has 3 N–H and O–H groups in total. The molecule has 7 nitrogen and oxygen atoms in total. The molecule has 27 heavy (non-hydrogen) atoms. The molecular formula is C18H15BrN4O3S. The Bertz CT molecular complexity index is 978. The summed E-state index contributed by atoms with van der Waals surface area (Å²) in [5, 5.41) is 25.7. The lowest BCUT2D eigenvalue weighted by Crippen LogP contribution is -2.32. The van der Waals surface area contributed by atoms with Crippen LogP contribution in [-0.4, -0.2) is 23.1 Å². The van der Waals surface area contributed by atoms with Gasteiger partial charge in [0.1, 0.15) is 16.8 Å². The normalized spacial score (nSPS) is 13.0. The van der Waals surface area contributed by atoms with Gasteiger partial charge in [-0.05, 0) is 49.4 Å². The highest BCUT2D eigenvalue weighted by Crippen LogP contribution is 2.37. The van der Waals surface area contributed by atoms with Gasteiger partial charge in [-0.15, -0.1) is 11.3 Å². The number of carbonyl (C=O) groups is 2. The molecule has 1 aromatic carbocycles. The summed E-state index contributed by atoms with van der Waals surface area (Å²) in [4.78, 5) is 25.1. The number of benzene rings is 1. The number of nitrogens with one attached hydrogen (secondary N) is 2. The number of phenolic OH excluding ortho intramolecular Hbond substituents is 1. The van der Waals surface area contributed by atoms with Gasteiger partial charge in [-0.25, -0.2) is 5.43 Å². The molecule has 2 amide bonds. The SMILES string of the molecule is N#Cc1c(NC(=O)C(=O)N/N=C/c2cc(Br)ccc2O)sc2c1CCCC2. The summed E-state index contributed by atoms with van der Waals surface area (Å²) < 4.78 is 0.733. The lowest BCUT2D eigenvalue weighted by molar-refractivity contribution is -0.136. The van der Waals surface area contributed by atoms with Crippen molar-refractivity contribution >= 4 is 50.3 Å².